The van der Waals surface area contributed by atoms with Crippen molar-refractivity contribution in [2.75, 3.05) is 17.2 Å². The molecule has 0 radical (unpaired) electrons. The van der Waals surface area contributed by atoms with Gasteiger partial charge in [0.2, 0.25) is 5.91 Å². The molecule has 0 aliphatic rings. The maximum atomic E-state index is 13.2. The molecule has 0 unspecified atom stereocenters. The highest BCUT2D eigenvalue weighted by Gasteiger charge is 2.05. The third kappa shape index (κ3) is 5.54. The van der Waals surface area contributed by atoms with Gasteiger partial charge in [0.25, 0.3) is 0 Å². The van der Waals surface area contributed by atoms with Crippen molar-refractivity contribution >= 4 is 23.0 Å². The van der Waals surface area contributed by atoms with E-state index in [2.05, 4.69) is 10.6 Å². The summed E-state index contributed by atoms with van der Waals surface area (Å²) in [5.41, 5.74) is 1.76. The van der Waals surface area contributed by atoms with Gasteiger partial charge in [0.05, 0.1) is 13.0 Å². The smallest absolute Gasteiger partial charge is 0.227 e. The molecule has 6 heteroatoms. The second kappa shape index (κ2) is 8.80. The van der Waals surface area contributed by atoms with Crippen LogP contribution in [0.3, 0.4) is 0 Å². The molecule has 4 nitrogen and oxygen atoms in total. The third-order valence-corrected chi connectivity index (χ3v) is 3.72. The Labute approximate surface area is 155 Å². The summed E-state index contributed by atoms with van der Waals surface area (Å²) in [6.45, 7) is 0.283. The van der Waals surface area contributed by atoms with E-state index < -0.39 is 11.6 Å². The zero-order chi connectivity index (χ0) is 19.1. The summed E-state index contributed by atoms with van der Waals surface area (Å²) in [5.74, 6) is -1.25. The number of carbonyl (C=O) groups excluding carboxylic acids is 1. The number of rotatable bonds is 7. The van der Waals surface area contributed by atoms with Gasteiger partial charge in [-0.05, 0) is 48.5 Å². The fraction of sp³-hybridized carbons (Fsp3) is 0.0952. The van der Waals surface area contributed by atoms with Gasteiger partial charge in [0, 0.05) is 23.1 Å². The summed E-state index contributed by atoms with van der Waals surface area (Å²) >= 11 is 0. The fourth-order valence-corrected chi connectivity index (χ4v) is 2.38. The van der Waals surface area contributed by atoms with Gasteiger partial charge in [-0.25, -0.2) is 8.78 Å². The Morgan fingerprint density at radius 3 is 2.19 bits per heavy atom. The molecular weight excluding hydrogens is 350 g/mol. The Morgan fingerprint density at radius 1 is 0.815 bits per heavy atom. The van der Waals surface area contributed by atoms with Gasteiger partial charge in [-0.1, -0.05) is 18.2 Å². The standard InChI is InChI=1S/C21H18F2N2O2/c22-19-11-10-17(14-20(19)23)24-15-6-8-16(9-7-15)25-21(26)12-13-27-18-4-2-1-3-5-18/h1-11,14,24H,12-13H2,(H,25,26). The van der Waals surface area contributed by atoms with Gasteiger partial charge in [-0.2, -0.15) is 0 Å². The molecule has 0 spiro atoms. The molecule has 0 atom stereocenters. The van der Waals surface area contributed by atoms with Crippen LogP contribution in [0.4, 0.5) is 25.8 Å². The highest BCUT2D eigenvalue weighted by atomic mass is 19.2. The van der Waals surface area contributed by atoms with E-state index in [4.69, 9.17) is 4.74 Å². The predicted molar refractivity (Wildman–Crippen MR) is 101 cm³/mol. The molecule has 0 aliphatic carbocycles. The molecule has 1 amide bonds. The van der Waals surface area contributed by atoms with E-state index >= 15 is 0 Å². The monoisotopic (exact) mass is 368 g/mol. The van der Waals surface area contributed by atoms with E-state index in [-0.39, 0.29) is 18.9 Å². The molecule has 138 valence electrons. The number of amides is 1. The average molecular weight is 368 g/mol. The Morgan fingerprint density at radius 2 is 1.48 bits per heavy atom. The fourth-order valence-electron chi connectivity index (χ4n) is 2.38. The zero-order valence-corrected chi connectivity index (χ0v) is 14.4. The molecule has 0 aromatic heterocycles. The van der Waals surface area contributed by atoms with Crippen LogP contribution in [0.15, 0.2) is 72.8 Å². The lowest BCUT2D eigenvalue weighted by molar-refractivity contribution is -0.116. The topological polar surface area (TPSA) is 50.4 Å². The summed E-state index contributed by atoms with van der Waals surface area (Å²) in [5, 5.41) is 5.75. The third-order valence-electron chi connectivity index (χ3n) is 3.72. The number of hydrogen-bond donors (Lipinski definition) is 2. The number of anilines is 3. The minimum Gasteiger partial charge on any atom is -0.493 e. The second-order valence-corrected chi connectivity index (χ2v) is 5.79. The number of halogens is 2. The van der Waals surface area contributed by atoms with Crippen molar-refractivity contribution in [2.24, 2.45) is 0 Å². The molecular formula is C21H18F2N2O2. The molecule has 3 rings (SSSR count). The summed E-state index contributed by atoms with van der Waals surface area (Å²) in [4.78, 5) is 12.0. The number of carbonyl (C=O) groups is 1. The van der Waals surface area contributed by atoms with Crippen molar-refractivity contribution in [1.82, 2.24) is 0 Å². The molecule has 0 heterocycles. The van der Waals surface area contributed by atoms with E-state index in [1.165, 1.54) is 6.07 Å². The normalized spacial score (nSPS) is 10.3. The van der Waals surface area contributed by atoms with E-state index in [9.17, 15) is 13.6 Å². The molecule has 0 bridgehead atoms. The maximum Gasteiger partial charge on any atom is 0.227 e. The summed E-state index contributed by atoms with van der Waals surface area (Å²) < 4.78 is 31.7. The van der Waals surface area contributed by atoms with Crippen LogP contribution in [-0.2, 0) is 4.79 Å². The Kier molecular flexibility index (Phi) is 5.99. The minimum atomic E-state index is -0.915. The number of ether oxygens (including phenoxy) is 1. The highest BCUT2D eigenvalue weighted by Crippen LogP contribution is 2.20. The number of benzene rings is 3. The first-order chi connectivity index (χ1) is 13.1. The quantitative estimate of drug-likeness (QED) is 0.609. The Hall–Kier alpha value is -3.41. The molecule has 0 saturated heterocycles. The molecule has 0 fully saturated rings. The number of hydrogen-bond acceptors (Lipinski definition) is 3. The van der Waals surface area contributed by atoms with Gasteiger partial charge in [0.15, 0.2) is 11.6 Å². The summed E-state index contributed by atoms with van der Waals surface area (Å²) in [7, 11) is 0. The lowest BCUT2D eigenvalue weighted by atomic mass is 10.2. The highest BCUT2D eigenvalue weighted by molar-refractivity contribution is 5.91. The molecule has 2 N–H and O–H groups in total. The molecule has 27 heavy (non-hydrogen) atoms. The first-order valence-corrected chi connectivity index (χ1v) is 8.40. The SMILES string of the molecule is O=C(CCOc1ccccc1)Nc1ccc(Nc2ccc(F)c(F)c2)cc1. The van der Waals surface area contributed by atoms with Crippen molar-refractivity contribution in [3.63, 3.8) is 0 Å². The molecule has 3 aromatic carbocycles. The second-order valence-electron chi connectivity index (χ2n) is 5.79. The first-order valence-electron chi connectivity index (χ1n) is 8.40. The Balaban J connectivity index is 1.48. The maximum absolute atomic E-state index is 13.2. The van der Waals surface area contributed by atoms with Gasteiger partial charge in [-0.15, -0.1) is 0 Å². The van der Waals surface area contributed by atoms with Crippen molar-refractivity contribution in [3.05, 3.63) is 84.4 Å². The zero-order valence-electron chi connectivity index (χ0n) is 14.4. The molecule has 0 aliphatic heterocycles. The lowest BCUT2D eigenvalue weighted by Gasteiger charge is -2.09. The van der Waals surface area contributed by atoms with Gasteiger partial charge in [0.1, 0.15) is 5.75 Å². The van der Waals surface area contributed by atoms with Crippen LogP contribution in [0.1, 0.15) is 6.42 Å². The van der Waals surface area contributed by atoms with Crippen LogP contribution >= 0.6 is 0 Å². The van der Waals surface area contributed by atoms with Crippen LogP contribution in [0.25, 0.3) is 0 Å². The van der Waals surface area contributed by atoms with Gasteiger partial charge >= 0.3 is 0 Å². The first kappa shape index (κ1) is 18.4. The van der Waals surface area contributed by atoms with Crippen LogP contribution in [0, 0.1) is 11.6 Å². The van der Waals surface area contributed by atoms with Crippen molar-refractivity contribution in [1.29, 1.82) is 0 Å². The van der Waals surface area contributed by atoms with Crippen molar-refractivity contribution in [3.8, 4) is 5.75 Å². The average Bonchev–Trinajstić information content (AvgIpc) is 2.67. The van der Waals surface area contributed by atoms with E-state index in [1.54, 1.807) is 24.3 Å². The van der Waals surface area contributed by atoms with Gasteiger partial charge < -0.3 is 15.4 Å². The van der Waals surface area contributed by atoms with Crippen LogP contribution < -0.4 is 15.4 Å². The van der Waals surface area contributed by atoms with Crippen LogP contribution in [0.5, 0.6) is 5.75 Å². The van der Waals surface area contributed by atoms with Crippen LogP contribution in [0.2, 0.25) is 0 Å². The van der Waals surface area contributed by atoms with Crippen LogP contribution in [-0.4, -0.2) is 12.5 Å². The summed E-state index contributed by atoms with van der Waals surface area (Å²) in [6, 6.07) is 19.8. The largest absolute Gasteiger partial charge is 0.493 e. The van der Waals surface area contributed by atoms with Crippen molar-refractivity contribution in [2.45, 2.75) is 6.42 Å². The van der Waals surface area contributed by atoms with Crippen molar-refractivity contribution < 1.29 is 18.3 Å². The van der Waals surface area contributed by atoms with E-state index in [0.29, 0.717) is 17.1 Å². The number of para-hydroxylation sites is 1. The summed E-state index contributed by atoms with van der Waals surface area (Å²) in [6.07, 6.45) is 0.226. The van der Waals surface area contributed by atoms with E-state index in [0.717, 1.165) is 17.9 Å². The molecule has 3 aromatic rings. The number of nitrogens with one attached hydrogen (secondary N) is 2. The van der Waals surface area contributed by atoms with E-state index in [1.807, 2.05) is 30.3 Å². The molecule has 0 saturated carbocycles. The lowest BCUT2D eigenvalue weighted by Crippen LogP contribution is -2.15. The minimum absolute atomic E-state index is 0.160. The predicted octanol–water partition coefficient (Wildman–Crippen LogP) is 5.12. The van der Waals surface area contributed by atoms with Gasteiger partial charge in [-0.3, -0.25) is 4.79 Å². The Bertz CT molecular complexity index is 900.